The van der Waals surface area contributed by atoms with E-state index < -0.39 is 29.1 Å². The smallest absolute Gasteiger partial charge is 0.407 e. The number of hydrogen-bond acceptors (Lipinski definition) is 5. The molecular weight excluding hydrogens is 531 g/mol. The van der Waals surface area contributed by atoms with E-state index in [1.54, 1.807) is 58.2 Å². The van der Waals surface area contributed by atoms with Crippen molar-refractivity contribution in [2.24, 2.45) is 5.92 Å². The second-order valence-electron chi connectivity index (χ2n) is 11.5. The monoisotopic (exact) mass is 569 g/mol. The molecule has 0 spiro atoms. The van der Waals surface area contributed by atoms with E-state index >= 15 is 4.39 Å². The predicted octanol–water partition coefficient (Wildman–Crippen LogP) is 7.13. The summed E-state index contributed by atoms with van der Waals surface area (Å²) in [6, 6.07) is 8.99. The van der Waals surface area contributed by atoms with Gasteiger partial charge in [-0.05, 0) is 88.8 Å². The maximum atomic E-state index is 15.5. The molecule has 220 valence electrons. The van der Waals surface area contributed by atoms with Crippen LogP contribution in [0.3, 0.4) is 0 Å². The molecule has 1 atom stereocenters. The van der Waals surface area contributed by atoms with Gasteiger partial charge in [-0.1, -0.05) is 12.2 Å². The first-order valence-corrected chi connectivity index (χ1v) is 14.0. The molecule has 0 radical (unpaired) electrons. The van der Waals surface area contributed by atoms with Crippen LogP contribution in [0.2, 0.25) is 0 Å². The van der Waals surface area contributed by atoms with E-state index in [2.05, 4.69) is 15.6 Å². The standard InChI is InChI=1S/C32H38F3N3O3/c1-32(2,3)41-31(39)38-18-26(30-25-17-24(40-4)12-14-29(25)37-19-28(30)35)20-7-10-23(11-8-20)36-15-5-6-21-16-22(33)9-13-27(21)34/h5-6,9,12-14,16-17,19-20,23,26,36H,7-8,10-11,15,18H2,1-4H3,(H,38,39)/b6-5+/t20?,23?,26-/m0/s1. The van der Waals surface area contributed by atoms with Crippen LogP contribution in [0.15, 0.2) is 48.7 Å². The highest BCUT2D eigenvalue weighted by Gasteiger charge is 2.32. The number of nitrogens with zero attached hydrogens (tertiary/aromatic N) is 1. The minimum atomic E-state index is -0.653. The minimum Gasteiger partial charge on any atom is -0.497 e. The van der Waals surface area contributed by atoms with Gasteiger partial charge in [0.25, 0.3) is 0 Å². The molecule has 6 nitrogen and oxygen atoms in total. The van der Waals surface area contributed by atoms with Crippen LogP contribution in [-0.4, -0.2) is 42.9 Å². The lowest BCUT2D eigenvalue weighted by atomic mass is 9.74. The number of alkyl carbamates (subject to hydrolysis) is 1. The van der Waals surface area contributed by atoms with Crippen molar-refractivity contribution >= 4 is 23.1 Å². The van der Waals surface area contributed by atoms with Crippen molar-refractivity contribution in [3.05, 3.63) is 77.2 Å². The average molecular weight is 570 g/mol. The van der Waals surface area contributed by atoms with Gasteiger partial charge >= 0.3 is 6.09 Å². The number of carbonyl (C=O) groups excluding carboxylic acids is 1. The summed E-state index contributed by atoms with van der Waals surface area (Å²) >= 11 is 0. The molecule has 2 N–H and O–H groups in total. The first kappa shape index (κ1) is 30.4. The van der Waals surface area contributed by atoms with Crippen LogP contribution in [-0.2, 0) is 4.74 Å². The highest BCUT2D eigenvalue weighted by Crippen LogP contribution is 2.40. The molecule has 0 unspecified atom stereocenters. The Morgan fingerprint density at radius 1 is 1.07 bits per heavy atom. The van der Waals surface area contributed by atoms with Crippen molar-refractivity contribution in [1.82, 2.24) is 15.6 Å². The number of amides is 1. The third-order valence-electron chi connectivity index (χ3n) is 7.42. The highest BCUT2D eigenvalue weighted by atomic mass is 19.1. The molecule has 1 aromatic heterocycles. The molecule has 41 heavy (non-hydrogen) atoms. The maximum absolute atomic E-state index is 15.5. The van der Waals surface area contributed by atoms with Crippen molar-refractivity contribution < 1.29 is 27.4 Å². The van der Waals surface area contributed by atoms with Crippen molar-refractivity contribution in [3.63, 3.8) is 0 Å². The van der Waals surface area contributed by atoms with Gasteiger partial charge in [0.15, 0.2) is 0 Å². The number of hydrogen-bond donors (Lipinski definition) is 2. The van der Waals surface area contributed by atoms with E-state index in [1.807, 2.05) is 0 Å². The Balaban J connectivity index is 1.48. The van der Waals surface area contributed by atoms with Crippen molar-refractivity contribution in [2.75, 3.05) is 20.2 Å². The molecule has 1 amide bonds. The second kappa shape index (κ2) is 13.4. The highest BCUT2D eigenvalue weighted by molar-refractivity contribution is 5.84. The number of fused-ring (bicyclic) bond motifs is 1. The summed E-state index contributed by atoms with van der Waals surface area (Å²) in [4.78, 5) is 16.8. The molecule has 1 aliphatic rings. The van der Waals surface area contributed by atoms with Crippen LogP contribution in [0.25, 0.3) is 17.0 Å². The summed E-state index contributed by atoms with van der Waals surface area (Å²) in [6.45, 7) is 6.12. The van der Waals surface area contributed by atoms with E-state index in [0.29, 0.717) is 28.8 Å². The number of methoxy groups -OCH3 is 1. The molecule has 1 saturated carbocycles. The Morgan fingerprint density at radius 3 is 2.54 bits per heavy atom. The molecule has 9 heteroatoms. The lowest BCUT2D eigenvalue weighted by molar-refractivity contribution is 0.0518. The van der Waals surface area contributed by atoms with Crippen LogP contribution < -0.4 is 15.4 Å². The van der Waals surface area contributed by atoms with Gasteiger partial charge in [0, 0.05) is 41.6 Å². The normalized spacial score (nSPS) is 18.4. The van der Waals surface area contributed by atoms with E-state index in [0.717, 1.165) is 37.8 Å². The Labute approximate surface area is 239 Å². The number of benzene rings is 2. The van der Waals surface area contributed by atoms with E-state index in [1.165, 1.54) is 12.3 Å². The third kappa shape index (κ3) is 8.22. The zero-order valence-corrected chi connectivity index (χ0v) is 24.0. The molecule has 3 aromatic rings. The summed E-state index contributed by atoms with van der Waals surface area (Å²) in [6.07, 6.45) is 7.38. The summed E-state index contributed by atoms with van der Waals surface area (Å²) in [5.74, 6) is -0.975. The van der Waals surface area contributed by atoms with Crippen LogP contribution in [0, 0.1) is 23.4 Å². The maximum Gasteiger partial charge on any atom is 0.407 e. The molecule has 0 saturated heterocycles. The van der Waals surface area contributed by atoms with Crippen molar-refractivity contribution in [2.45, 2.75) is 64.0 Å². The first-order valence-electron chi connectivity index (χ1n) is 14.0. The summed E-state index contributed by atoms with van der Waals surface area (Å²) in [5, 5.41) is 7.00. The second-order valence-corrected chi connectivity index (χ2v) is 11.5. The molecule has 0 aliphatic heterocycles. The SMILES string of the molecule is COc1ccc2ncc(F)c([C@@H](CNC(=O)OC(C)(C)C)C3CCC(NC/C=C/c4cc(F)ccc4F)CC3)c2c1. The van der Waals surface area contributed by atoms with Crippen molar-refractivity contribution in [3.8, 4) is 5.75 Å². The summed E-state index contributed by atoms with van der Waals surface area (Å²) in [7, 11) is 1.56. The van der Waals surface area contributed by atoms with Gasteiger partial charge in [-0.25, -0.2) is 18.0 Å². The largest absolute Gasteiger partial charge is 0.497 e. The number of carbonyl (C=O) groups is 1. The Hall–Kier alpha value is -3.59. The summed E-state index contributed by atoms with van der Waals surface area (Å²) in [5.41, 5.74) is 0.724. The lowest BCUT2D eigenvalue weighted by Gasteiger charge is -2.35. The summed E-state index contributed by atoms with van der Waals surface area (Å²) < 4.78 is 53.6. The average Bonchev–Trinajstić information content (AvgIpc) is 2.93. The number of nitrogens with one attached hydrogen (secondary N) is 2. The van der Waals surface area contributed by atoms with Gasteiger partial charge in [0.2, 0.25) is 0 Å². The lowest BCUT2D eigenvalue weighted by Crippen LogP contribution is -2.39. The predicted molar refractivity (Wildman–Crippen MR) is 154 cm³/mol. The number of rotatable bonds is 9. The topological polar surface area (TPSA) is 72.5 Å². The van der Waals surface area contributed by atoms with Gasteiger partial charge in [-0.2, -0.15) is 0 Å². The fourth-order valence-electron chi connectivity index (χ4n) is 5.47. The quantitative estimate of drug-likeness (QED) is 0.287. The number of pyridine rings is 1. The Bertz CT molecular complexity index is 1380. The molecule has 1 heterocycles. The molecule has 1 fully saturated rings. The zero-order valence-electron chi connectivity index (χ0n) is 24.0. The molecular formula is C32H38F3N3O3. The van der Waals surface area contributed by atoms with E-state index in [9.17, 15) is 13.6 Å². The Morgan fingerprint density at radius 2 is 1.83 bits per heavy atom. The van der Waals surface area contributed by atoms with Gasteiger partial charge in [-0.15, -0.1) is 0 Å². The Kier molecular flexibility index (Phi) is 9.91. The van der Waals surface area contributed by atoms with Crippen LogP contribution in [0.1, 0.15) is 63.5 Å². The van der Waals surface area contributed by atoms with Crippen molar-refractivity contribution in [1.29, 1.82) is 0 Å². The van der Waals surface area contributed by atoms with Crippen LogP contribution in [0.5, 0.6) is 5.75 Å². The van der Waals surface area contributed by atoms with E-state index in [4.69, 9.17) is 9.47 Å². The third-order valence-corrected chi connectivity index (χ3v) is 7.42. The number of ether oxygens (including phenoxy) is 2. The fraction of sp³-hybridized carbons (Fsp3) is 0.438. The minimum absolute atomic E-state index is 0.103. The van der Waals surface area contributed by atoms with E-state index in [-0.39, 0.29) is 30.0 Å². The first-order chi connectivity index (χ1) is 19.5. The van der Waals surface area contributed by atoms with Gasteiger partial charge in [-0.3, -0.25) is 4.98 Å². The molecule has 1 aliphatic carbocycles. The number of aromatic nitrogens is 1. The van der Waals surface area contributed by atoms with Crippen LogP contribution in [0.4, 0.5) is 18.0 Å². The van der Waals surface area contributed by atoms with Gasteiger partial charge in [0.1, 0.15) is 28.8 Å². The molecule has 2 aromatic carbocycles. The van der Waals surface area contributed by atoms with Gasteiger partial charge < -0.3 is 20.1 Å². The van der Waals surface area contributed by atoms with Crippen LogP contribution >= 0.6 is 0 Å². The van der Waals surface area contributed by atoms with Gasteiger partial charge in [0.05, 0.1) is 18.8 Å². The fourth-order valence-corrected chi connectivity index (χ4v) is 5.47. The zero-order chi connectivity index (χ0) is 29.6. The number of halogens is 3. The molecule has 4 rings (SSSR count). The molecule has 0 bridgehead atoms.